The lowest BCUT2D eigenvalue weighted by atomic mass is 9.92. The molecule has 1 aromatic carbocycles. The van der Waals surface area contributed by atoms with Gasteiger partial charge in [0.25, 0.3) is 0 Å². The molecule has 2 N–H and O–H groups in total. The van der Waals surface area contributed by atoms with Gasteiger partial charge in [-0.15, -0.1) is 0 Å². The Hall–Kier alpha value is -2.07. The number of rotatable bonds is 3. The van der Waals surface area contributed by atoms with Crippen molar-refractivity contribution in [1.29, 1.82) is 0 Å². The average molecular weight is 293 g/mol. The van der Waals surface area contributed by atoms with Gasteiger partial charge in [0.15, 0.2) is 0 Å². The van der Waals surface area contributed by atoms with Crippen LogP contribution in [0, 0.1) is 11.6 Å². The van der Waals surface area contributed by atoms with E-state index >= 15 is 0 Å². The molecule has 2 aromatic heterocycles. The number of H-pyrrole nitrogens is 2. The minimum Gasteiger partial charge on any atom is -0.364 e. The van der Waals surface area contributed by atoms with Crippen LogP contribution in [0.25, 0.3) is 0 Å². The number of halogens is 3. The van der Waals surface area contributed by atoms with E-state index in [0.29, 0.717) is 0 Å². The van der Waals surface area contributed by atoms with Crippen molar-refractivity contribution >= 4 is 11.6 Å². The van der Waals surface area contributed by atoms with Gasteiger partial charge in [-0.2, -0.15) is 0 Å². The summed E-state index contributed by atoms with van der Waals surface area (Å²) in [4.78, 5) is 6.11. The van der Waals surface area contributed by atoms with Crippen molar-refractivity contribution in [3.8, 4) is 0 Å². The summed E-state index contributed by atoms with van der Waals surface area (Å²) in [6.45, 7) is 0. The first-order valence-electron chi connectivity index (χ1n) is 6.08. The van der Waals surface area contributed by atoms with Crippen LogP contribution < -0.4 is 0 Å². The van der Waals surface area contributed by atoms with Gasteiger partial charge in [-0.3, -0.25) is 0 Å². The third-order valence-electron chi connectivity index (χ3n) is 3.20. The van der Waals surface area contributed by atoms with Crippen molar-refractivity contribution in [1.82, 2.24) is 9.97 Å². The maximum Gasteiger partial charge on any atom is 0.131 e. The molecule has 20 heavy (non-hydrogen) atoms. The standard InChI is InChI=1S/C15H11ClF2N2/c16-10-7-9(17)8-11(18)14(10)15(12-3-1-5-19-12)13-4-2-6-20-13/h1-8,15,19-20H. The Labute approximate surface area is 119 Å². The second-order valence-corrected chi connectivity index (χ2v) is 4.87. The number of benzene rings is 1. The summed E-state index contributed by atoms with van der Waals surface area (Å²) in [6, 6.07) is 9.29. The Morgan fingerprint density at radius 1 is 0.950 bits per heavy atom. The van der Waals surface area contributed by atoms with E-state index in [2.05, 4.69) is 9.97 Å². The Morgan fingerprint density at radius 2 is 1.55 bits per heavy atom. The number of hydrogen-bond donors (Lipinski definition) is 2. The predicted molar refractivity (Wildman–Crippen MR) is 73.9 cm³/mol. The largest absolute Gasteiger partial charge is 0.364 e. The maximum atomic E-state index is 14.2. The van der Waals surface area contributed by atoms with E-state index in [0.717, 1.165) is 23.5 Å². The van der Waals surface area contributed by atoms with E-state index in [1.807, 2.05) is 24.3 Å². The number of hydrogen-bond acceptors (Lipinski definition) is 0. The van der Waals surface area contributed by atoms with Gasteiger partial charge in [0.1, 0.15) is 11.6 Å². The van der Waals surface area contributed by atoms with Gasteiger partial charge in [-0.25, -0.2) is 8.78 Å². The summed E-state index contributed by atoms with van der Waals surface area (Å²) < 4.78 is 27.4. The zero-order chi connectivity index (χ0) is 14.1. The van der Waals surface area contributed by atoms with Gasteiger partial charge in [0.05, 0.1) is 10.9 Å². The SMILES string of the molecule is Fc1cc(F)c(C(c2ccc[nH]2)c2ccc[nH]2)c(Cl)c1. The highest BCUT2D eigenvalue weighted by Crippen LogP contribution is 2.36. The lowest BCUT2D eigenvalue weighted by molar-refractivity contribution is 0.569. The second-order valence-electron chi connectivity index (χ2n) is 4.47. The summed E-state index contributed by atoms with van der Waals surface area (Å²) in [5.41, 5.74) is 1.80. The van der Waals surface area contributed by atoms with Gasteiger partial charge in [0, 0.05) is 35.4 Å². The Kier molecular flexibility index (Phi) is 3.32. The van der Waals surface area contributed by atoms with E-state index in [4.69, 9.17) is 11.6 Å². The second kappa shape index (κ2) is 5.13. The van der Waals surface area contributed by atoms with E-state index in [9.17, 15) is 8.78 Å². The maximum absolute atomic E-state index is 14.2. The molecule has 0 aliphatic rings. The Morgan fingerprint density at radius 3 is 2.00 bits per heavy atom. The number of aromatic nitrogens is 2. The molecule has 0 fully saturated rings. The van der Waals surface area contributed by atoms with Crippen LogP contribution in [-0.2, 0) is 0 Å². The molecular formula is C15H11ClF2N2. The van der Waals surface area contributed by atoms with E-state index < -0.39 is 17.6 Å². The van der Waals surface area contributed by atoms with Crippen LogP contribution in [0.15, 0.2) is 48.8 Å². The average Bonchev–Trinajstić information content (AvgIpc) is 3.07. The first-order valence-corrected chi connectivity index (χ1v) is 6.45. The van der Waals surface area contributed by atoms with Gasteiger partial charge >= 0.3 is 0 Å². The fourth-order valence-corrected chi connectivity index (χ4v) is 2.66. The summed E-state index contributed by atoms with van der Waals surface area (Å²) in [7, 11) is 0. The van der Waals surface area contributed by atoms with Gasteiger partial charge in [-0.05, 0) is 30.3 Å². The van der Waals surface area contributed by atoms with Crippen LogP contribution in [0.4, 0.5) is 8.78 Å². The Bertz CT molecular complexity index is 648. The molecule has 5 heteroatoms. The molecule has 2 heterocycles. The highest BCUT2D eigenvalue weighted by Gasteiger charge is 2.25. The fourth-order valence-electron chi connectivity index (χ4n) is 2.36. The minimum absolute atomic E-state index is 0.0664. The van der Waals surface area contributed by atoms with Crippen LogP contribution in [0.3, 0.4) is 0 Å². The lowest BCUT2D eigenvalue weighted by Gasteiger charge is -2.17. The zero-order valence-electron chi connectivity index (χ0n) is 10.3. The van der Waals surface area contributed by atoms with Crippen LogP contribution in [0.2, 0.25) is 5.02 Å². The van der Waals surface area contributed by atoms with Crippen LogP contribution in [-0.4, -0.2) is 9.97 Å². The molecule has 0 radical (unpaired) electrons. The van der Waals surface area contributed by atoms with Crippen molar-refractivity contribution in [2.75, 3.05) is 0 Å². The first-order chi connectivity index (χ1) is 9.66. The van der Waals surface area contributed by atoms with Gasteiger partial charge < -0.3 is 9.97 Å². The molecule has 2 nitrogen and oxygen atoms in total. The van der Waals surface area contributed by atoms with E-state index in [1.165, 1.54) is 0 Å². The molecule has 0 atom stereocenters. The molecular weight excluding hydrogens is 282 g/mol. The quantitative estimate of drug-likeness (QED) is 0.714. The summed E-state index contributed by atoms with van der Waals surface area (Å²) in [6.07, 6.45) is 3.50. The fraction of sp³-hybridized carbons (Fsp3) is 0.0667. The summed E-state index contributed by atoms with van der Waals surface area (Å²) in [5.74, 6) is -1.79. The van der Waals surface area contributed by atoms with E-state index in [-0.39, 0.29) is 10.6 Å². The zero-order valence-corrected chi connectivity index (χ0v) is 11.1. The monoisotopic (exact) mass is 292 g/mol. The van der Waals surface area contributed by atoms with Crippen LogP contribution in [0.5, 0.6) is 0 Å². The molecule has 0 aliphatic heterocycles. The van der Waals surface area contributed by atoms with Crippen molar-refractivity contribution in [2.24, 2.45) is 0 Å². The topological polar surface area (TPSA) is 31.6 Å². The summed E-state index contributed by atoms with van der Waals surface area (Å²) in [5, 5.41) is 0.0664. The Balaban J connectivity index is 2.21. The minimum atomic E-state index is -0.687. The number of aromatic amines is 2. The summed E-state index contributed by atoms with van der Waals surface area (Å²) >= 11 is 6.06. The normalized spacial score (nSPS) is 11.2. The molecule has 3 aromatic rings. The smallest absolute Gasteiger partial charge is 0.131 e. The molecule has 3 rings (SSSR count). The van der Waals surface area contributed by atoms with Crippen LogP contribution >= 0.6 is 11.6 Å². The third-order valence-corrected chi connectivity index (χ3v) is 3.51. The number of nitrogens with one attached hydrogen (secondary N) is 2. The van der Waals surface area contributed by atoms with Crippen molar-refractivity contribution in [2.45, 2.75) is 5.92 Å². The molecule has 0 aliphatic carbocycles. The van der Waals surface area contributed by atoms with Crippen molar-refractivity contribution in [3.05, 3.63) is 82.4 Å². The molecule has 0 bridgehead atoms. The molecule has 0 unspecified atom stereocenters. The van der Waals surface area contributed by atoms with E-state index in [1.54, 1.807) is 12.4 Å². The van der Waals surface area contributed by atoms with Gasteiger partial charge in [-0.1, -0.05) is 11.6 Å². The van der Waals surface area contributed by atoms with Crippen molar-refractivity contribution < 1.29 is 8.78 Å². The lowest BCUT2D eigenvalue weighted by Crippen LogP contribution is -2.08. The molecule has 0 amide bonds. The first kappa shape index (κ1) is 12.9. The van der Waals surface area contributed by atoms with Crippen molar-refractivity contribution in [3.63, 3.8) is 0 Å². The van der Waals surface area contributed by atoms with Crippen LogP contribution in [0.1, 0.15) is 22.9 Å². The highest BCUT2D eigenvalue weighted by atomic mass is 35.5. The molecule has 0 saturated carbocycles. The molecule has 102 valence electrons. The molecule has 0 saturated heterocycles. The van der Waals surface area contributed by atoms with Gasteiger partial charge in [0.2, 0.25) is 0 Å². The highest BCUT2D eigenvalue weighted by molar-refractivity contribution is 6.31. The molecule has 0 spiro atoms. The predicted octanol–water partition coefficient (Wildman–Crippen LogP) is 4.45. The third kappa shape index (κ3) is 2.23.